The fourth-order valence-electron chi connectivity index (χ4n) is 9.30. The fourth-order valence-corrected chi connectivity index (χ4v) is 10.4. The van der Waals surface area contributed by atoms with Gasteiger partial charge in [-0.15, -0.1) is 11.3 Å². The molecule has 50 heavy (non-hydrogen) atoms. The second-order valence-corrected chi connectivity index (χ2v) is 14.7. The van der Waals surface area contributed by atoms with E-state index in [1.54, 1.807) is 0 Å². The van der Waals surface area contributed by atoms with Crippen LogP contribution in [0, 0.1) is 0 Å². The molecule has 0 saturated carbocycles. The van der Waals surface area contributed by atoms with Crippen molar-refractivity contribution in [1.82, 2.24) is 4.57 Å². The number of hydrogen-bond acceptors (Lipinski definition) is 2. The van der Waals surface area contributed by atoms with Gasteiger partial charge in [0.25, 0.3) is 0 Å². The van der Waals surface area contributed by atoms with Crippen LogP contribution in [0.15, 0.2) is 164 Å². The lowest BCUT2D eigenvalue weighted by Crippen LogP contribution is -2.32. The SMILES string of the molecule is c1ccc2c(c1)Oc1c(ccc3c4c5ccccc5ccc4n(-c4ccc5sc6ccccc6c5c4)c13)C21c2ccccc2-c2ccccc21. The molecular formula is C47H27NOS. The van der Waals surface area contributed by atoms with Crippen molar-refractivity contribution >= 4 is 64.1 Å². The van der Waals surface area contributed by atoms with Crippen molar-refractivity contribution in [3.8, 4) is 28.3 Å². The van der Waals surface area contributed by atoms with E-state index < -0.39 is 5.41 Å². The largest absolute Gasteiger partial charge is 0.454 e. The van der Waals surface area contributed by atoms with Gasteiger partial charge in [0.2, 0.25) is 0 Å². The van der Waals surface area contributed by atoms with E-state index in [1.165, 1.54) is 80.6 Å². The summed E-state index contributed by atoms with van der Waals surface area (Å²) in [7, 11) is 0. The van der Waals surface area contributed by atoms with Crippen molar-refractivity contribution in [3.05, 3.63) is 186 Å². The summed E-state index contributed by atoms with van der Waals surface area (Å²) in [6.45, 7) is 0. The number of para-hydroxylation sites is 1. The van der Waals surface area contributed by atoms with Gasteiger partial charge in [-0.25, -0.2) is 0 Å². The molecule has 0 N–H and O–H groups in total. The minimum atomic E-state index is -0.525. The first kappa shape index (κ1) is 26.8. The molecule has 12 rings (SSSR count). The lowest BCUT2D eigenvalue weighted by atomic mass is 9.66. The van der Waals surface area contributed by atoms with Crippen molar-refractivity contribution in [1.29, 1.82) is 0 Å². The van der Waals surface area contributed by atoms with Crippen molar-refractivity contribution in [2.24, 2.45) is 0 Å². The predicted molar refractivity (Wildman–Crippen MR) is 209 cm³/mol. The average molecular weight is 654 g/mol. The van der Waals surface area contributed by atoms with Gasteiger partial charge in [-0.3, -0.25) is 0 Å². The van der Waals surface area contributed by atoms with Gasteiger partial charge < -0.3 is 9.30 Å². The summed E-state index contributed by atoms with van der Waals surface area (Å²) in [6, 6.07) is 60.3. The highest BCUT2D eigenvalue weighted by atomic mass is 32.1. The zero-order chi connectivity index (χ0) is 32.6. The topological polar surface area (TPSA) is 14.2 Å². The lowest BCUT2D eigenvalue weighted by molar-refractivity contribution is 0.440. The van der Waals surface area contributed by atoms with Crippen LogP contribution in [-0.4, -0.2) is 4.57 Å². The van der Waals surface area contributed by atoms with E-state index in [0.29, 0.717) is 0 Å². The van der Waals surface area contributed by atoms with Gasteiger partial charge >= 0.3 is 0 Å². The Balaban J connectivity index is 1.28. The quantitative estimate of drug-likeness (QED) is 0.172. The molecule has 0 atom stereocenters. The summed E-state index contributed by atoms with van der Waals surface area (Å²) >= 11 is 1.86. The first-order valence-electron chi connectivity index (χ1n) is 17.2. The smallest absolute Gasteiger partial charge is 0.156 e. The summed E-state index contributed by atoms with van der Waals surface area (Å²) in [5, 5.41) is 7.51. The maximum atomic E-state index is 7.24. The minimum absolute atomic E-state index is 0.525. The number of ether oxygens (including phenoxy) is 1. The monoisotopic (exact) mass is 653 g/mol. The minimum Gasteiger partial charge on any atom is -0.454 e. The Hall–Kier alpha value is -6.16. The first-order chi connectivity index (χ1) is 24.8. The molecule has 2 aromatic heterocycles. The molecule has 0 radical (unpaired) electrons. The van der Waals surface area contributed by atoms with E-state index in [1.807, 2.05) is 11.3 Å². The molecule has 0 saturated heterocycles. The lowest BCUT2D eigenvalue weighted by Gasteiger charge is -2.39. The van der Waals surface area contributed by atoms with Crippen LogP contribution in [0.2, 0.25) is 0 Å². The van der Waals surface area contributed by atoms with Crippen LogP contribution >= 0.6 is 11.3 Å². The molecule has 1 aliphatic heterocycles. The highest BCUT2D eigenvalue weighted by Crippen LogP contribution is 2.63. The van der Waals surface area contributed by atoms with Gasteiger partial charge in [-0.2, -0.15) is 0 Å². The van der Waals surface area contributed by atoms with Crippen molar-refractivity contribution in [2.75, 3.05) is 0 Å². The molecule has 0 unspecified atom stereocenters. The molecule has 2 aliphatic rings. The number of benzene rings is 8. The maximum Gasteiger partial charge on any atom is 0.156 e. The predicted octanol–water partition coefficient (Wildman–Crippen LogP) is 12.8. The van der Waals surface area contributed by atoms with E-state index in [9.17, 15) is 0 Å². The third-order valence-corrected chi connectivity index (χ3v) is 12.4. The number of aromatic nitrogens is 1. The molecule has 1 spiro atoms. The van der Waals surface area contributed by atoms with Crippen LogP contribution in [0.3, 0.4) is 0 Å². The van der Waals surface area contributed by atoms with E-state index >= 15 is 0 Å². The number of thiophene rings is 1. The Morgan fingerprint density at radius 2 is 1.16 bits per heavy atom. The Labute approximate surface area is 292 Å². The summed E-state index contributed by atoms with van der Waals surface area (Å²) in [6.07, 6.45) is 0. The third-order valence-electron chi connectivity index (χ3n) is 11.3. The number of rotatable bonds is 1. The van der Waals surface area contributed by atoms with Crippen LogP contribution in [0.5, 0.6) is 11.5 Å². The molecule has 10 aromatic rings. The van der Waals surface area contributed by atoms with Gasteiger partial charge in [-0.05, 0) is 69.4 Å². The normalized spacial score (nSPS) is 13.9. The highest BCUT2D eigenvalue weighted by Gasteiger charge is 2.51. The van der Waals surface area contributed by atoms with E-state index in [4.69, 9.17) is 4.74 Å². The van der Waals surface area contributed by atoms with Gasteiger partial charge in [0.15, 0.2) is 5.75 Å². The summed E-state index contributed by atoms with van der Waals surface area (Å²) < 4.78 is 12.3. The van der Waals surface area contributed by atoms with Crippen LogP contribution in [0.4, 0.5) is 0 Å². The molecule has 2 nitrogen and oxygen atoms in total. The van der Waals surface area contributed by atoms with Gasteiger partial charge in [-0.1, -0.05) is 127 Å². The molecule has 0 amide bonds. The van der Waals surface area contributed by atoms with Gasteiger partial charge in [0, 0.05) is 47.8 Å². The Bertz CT molecular complexity index is 3040. The average Bonchev–Trinajstić information content (AvgIpc) is 3.82. The fraction of sp³-hybridized carbons (Fsp3) is 0.0213. The zero-order valence-electron chi connectivity index (χ0n) is 26.9. The molecule has 0 bridgehead atoms. The van der Waals surface area contributed by atoms with E-state index in [0.717, 1.165) is 22.7 Å². The molecule has 3 heteroatoms. The van der Waals surface area contributed by atoms with Gasteiger partial charge in [0.05, 0.1) is 16.4 Å². The number of nitrogens with zero attached hydrogens (tertiary/aromatic N) is 1. The Morgan fingerprint density at radius 3 is 2.00 bits per heavy atom. The standard InChI is InChI=1S/C47H27NOS/c1-2-12-30-28(11-1)21-25-40-44(30)34-23-24-39-46(45(34)48(40)29-22-26-43-35(27-29)33-15-5-10-20-42(33)50-43)49-41-19-9-8-18-38(41)47(39)36-16-6-3-13-31(36)32-14-4-7-17-37(32)47/h1-27H. The second kappa shape index (κ2) is 9.50. The molecular weight excluding hydrogens is 627 g/mol. The second-order valence-electron chi connectivity index (χ2n) is 13.6. The van der Waals surface area contributed by atoms with Crippen molar-refractivity contribution in [2.45, 2.75) is 5.41 Å². The Kier molecular flexibility index (Phi) is 5.08. The Morgan fingerprint density at radius 1 is 0.480 bits per heavy atom. The summed E-state index contributed by atoms with van der Waals surface area (Å²) in [5.74, 6) is 1.82. The molecule has 8 aromatic carbocycles. The van der Waals surface area contributed by atoms with Crippen molar-refractivity contribution < 1.29 is 4.74 Å². The molecule has 3 heterocycles. The van der Waals surface area contributed by atoms with Crippen LogP contribution < -0.4 is 4.74 Å². The molecule has 0 fully saturated rings. The highest BCUT2D eigenvalue weighted by molar-refractivity contribution is 7.25. The third kappa shape index (κ3) is 3.19. The zero-order valence-corrected chi connectivity index (χ0v) is 27.7. The summed E-state index contributed by atoms with van der Waals surface area (Å²) in [4.78, 5) is 0. The van der Waals surface area contributed by atoms with Crippen LogP contribution in [0.25, 0.3) is 69.6 Å². The van der Waals surface area contributed by atoms with E-state index in [-0.39, 0.29) is 0 Å². The first-order valence-corrected chi connectivity index (χ1v) is 18.0. The van der Waals surface area contributed by atoms with Crippen molar-refractivity contribution in [3.63, 3.8) is 0 Å². The molecule has 232 valence electrons. The van der Waals surface area contributed by atoms with E-state index in [2.05, 4.69) is 168 Å². The summed E-state index contributed by atoms with van der Waals surface area (Å²) in [5.41, 5.74) is 10.4. The van der Waals surface area contributed by atoms with Crippen LogP contribution in [-0.2, 0) is 5.41 Å². The number of hydrogen-bond donors (Lipinski definition) is 0. The number of fused-ring (bicyclic) bond motifs is 18. The van der Waals surface area contributed by atoms with Gasteiger partial charge in [0.1, 0.15) is 5.75 Å². The molecule has 1 aliphatic carbocycles. The van der Waals surface area contributed by atoms with Crippen LogP contribution in [0.1, 0.15) is 22.3 Å². The maximum absolute atomic E-state index is 7.24.